The SMILES string of the molecule is CC(Nc1ccc(I)cc1)c1ccc(C(F)(F)F)cc1. The summed E-state index contributed by atoms with van der Waals surface area (Å²) in [6.45, 7) is 1.92. The molecule has 0 saturated carbocycles. The molecule has 2 aromatic carbocycles. The van der Waals surface area contributed by atoms with Crippen LogP contribution in [0.3, 0.4) is 0 Å². The van der Waals surface area contributed by atoms with Gasteiger partial charge in [-0.25, -0.2) is 0 Å². The number of alkyl halides is 3. The Kier molecular flexibility index (Phi) is 4.57. The van der Waals surface area contributed by atoms with Crippen LogP contribution >= 0.6 is 22.6 Å². The van der Waals surface area contributed by atoms with E-state index in [-0.39, 0.29) is 6.04 Å². The lowest BCUT2D eigenvalue weighted by molar-refractivity contribution is -0.137. The fourth-order valence-electron chi connectivity index (χ4n) is 1.84. The molecule has 0 spiro atoms. The Morgan fingerprint density at radius 1 is 0.950 bits per heavy atom. The van der Waals surface area contributed by atoms with E-state index in [4.69, 9.17) is 0 Å². The standard InChI is InChI=1S/C15H13F3IN/c1-10(20-14-8-6-13(19)7-9-14)11-2-4-12(5-3-11)15(16,17)18/h2-10,20H,1H3. The summed E-state index contributed by atoms with van der Waals surface area (Å²) in [6.07, 6.45) is -4.29. The van der Waals surface area contributed by atoms with Gasteiger partial charge in [-0.05, 0) is 71.5 Å². The van der Waals surface area contributed by atoms with Crippen molar-refractivity contribution in [3.8, 4) is 0 Å². The van der Waals surface area contributed by atoms with Crippen molar-refractivity contribution >= 4 is 28.3 Å². The van der Waals surface area contributed by atoms with E-state index >= 15 is 0 Å². The monoisotopic (exact) mass is 391 g/mol. The van der Waals surface area contributed by atoms with Crippen LogP contribution in [0.2, 0.25) is 0 Å². The molecule has 20 heavy (non-hydrogen) atoms. The predicted octanol–water partition coefficient (Wildman–Crippen LogP) is 5.48. The molecule has 0 bridgehead atoms. The van der Waals surface area contributed by atoms with E-state index < -0.39 is 11.7 Å². The van der Waals surface area contributed by atoms with Gasteiger partial charge in [-0.2, -0.15) is 13.2 Å². The summed E-state index contributed by atoms with van der Waals surface area (Å²) in [6, 6.07) is 13.0. The lowest BCUT2D eigenvalue weighted by Crippen LogP contribution is -2.08. The van der Waals surface area contributed by atoms with Gasteiger partial charge >= 0.3 is 6.18 Å². The van der Waals surface area contributed by atoms with E-state index in [1.165, 1.54) is 12.1 Å². The molecule has 0 fully saturated rings. The van der Waals surface area contributed by atoms with Gasteiger partial charge in [0.25, 0.3) is 0 Å². The van der Waals surface area contributed by atoms with Gasteiger partial charge in [0.15, 0.2) is 0 Å². The van der Waals surface area contributed by atoms with Gasteiger partial charge in [0, 0.05) is 15.3 Å². The van der Waals surface area contributed by atoms with Crippen molar-refractivity contribution in [2.45, 2.75) is 19.1 Å². The summed E-state index contributed by atoms with van der Waals surface area (Å²) in [5.74, 6) is 0. The van der Waals surface area contributed by atoms with Gasteiger partial charge in [0.1, 0.15) is 0 Å². The number of rotatable bonds is 3. The highest BCUT2D eigenvalue weighted by atomic mass is 127. The van der Waals surface area contributed by atoms with Crippen LogP contribution in [0.1, 0.15) is 24.1 Å². The van der Waals surface area contributed by atoms with Crippen molar-refractivity contribution in [2.24, 2.45) is 0 Å². The quantitative estimate of drug-likeness (QED) is 0.683. The van der Waals surface area contributed by atoms with Gasteiger partial charge in [-0.1, -0.05) is 12.1 Å². The van der Waals surface area contributed by atoms with Gasteiger partial charge < -0.3 is 5.32 Å². The second-order valence-electron chi connectivity index (χ2n) is 4.49. The van der Waals surface area contributed by atoms with Crippen LogP contribution in [0, 0.1) is 3.57 Å². The van der Waals surface area contributed by atoms with E-state index in [0.29, 0.717) is 0 Å². The molecule has 0 aliphatic rings. The van der Waals surface area contributed by atoms with Crippen molar-refractivity contribution in [3.63, 3.8) is 0 Å². The van der Waals surface area contributed by atoms with Crippen molar-refractivity contribution in [3.05, 3.63) is 63.2 Å². The molecule has 1 N–H and O–H groups in total. The maximum Gasteiger partial charge on any atom is 0.416 e. The molecule has 0 heterocycles. The molecule has 106 valence electrons. The maximum absolute atomic E-state index is 12.5. The molecule has 0 aromatic heterocycles. The van der Waals surface area contributed by atoms with Crippen LogP contribution in [0.4, 0.5) is 18.9 Å². The minimum atomic E-state index is -4.29. The number of hydrogen-bond acceptors (Lipinski definition) is 1. The summed E-state index contributed by atoms with van der Waals surface area (Å²) in [5, 5.41) is 3.26. The molecule has 2 rings (SSSR count). The van der Waals surface area contributed by atoms with Crippen molar-refractivity contribution in [2.75, 3.05) is 5.32 Å². The predicted molar refractivity (Wildman–Crippen MR) is 82.6 cm³/mol. The highest BCUT2D eigenvalue weighted by Gasteiger charge is 2.30. The van der Waals surface area contributed by atoms with Crippen LogP contribution in [-0.2, 0) is 6.18 Å². The Bertz CT molecular complexity index is 561. The van der Waals surface area contributed by atoms with Gasteiger partial charge in [-0.15, -0.1) is 0 Å². The zero-order valence-electron chi connectivity index (χ0n) is 10.7. The number of anilines is 1. The lowest BCUT2D eigenvalue weighted by atomic mass is 10.1. The summed E-state index contributed by atoms with van der Waals surface area (Å²) in [7, 11) is 0. The largest absolute Gasteiger partial charge is 0.416 e. The Morgan fingerprint density at radius 3 is 2.00 bits per heavy atom. The van der Waals surface area contributed by atoms with Crippen molar-refractivity contribution in [1.29, 1.82) is 0 Å². The summed E-state index contributed by atoms with van der Waals surface area (Å²) >= 11 is 2.22. The Balaban J connectivity index is 2.09. The fraction of sp³-hybridized carbons (Fsp3) is 0.200. The molecule has 5 heteroatoms. The van der Waals surface area contributed by atoms with E-state index in [1.807, 2.05) is 31.2 Å². The molecule has 0 aliphatic heterocycles. The first kappa shape index (κ1) is 15.2. The fourth-order valence-corrected chi connectivity index (χ4v) is 2.20. The van der Waals surface area contributed by atoms with Gasteiger partial charge in [0.05, 0.1) is 5.56 Å². The Morgan fingerprint density at radius 2 is 1.50 bits per heavy atom. The van der Waals surface area contributed by atoms with Crippen molar-refractivity contribution in [1.82, 2.24) is 0 Å². The Hall–Kier alpha value is -1.24. The maximum atomic E-state index is 12.5. The zero-order valence-corrected chi connectivity index (χ0v) is 12.9. The molecule has 0 radical (unpaired) electrons. The smallest absolute Gasteiger partial charge is 0.379 e. The topological polar surface area (TPSA) is 12.0 Å². The molecule has 2 aromatic rings. The number of benzene rings is 2. The average Bonchev–Trinajstić information content (AvgIpc) is 2.40. The lowest BCUT2D eigenvalue weighted by Gasteiger charge is -2.16. The summed E-state index contributed by atoms with van der Waals surface area (Å²) < 4.78 is 38.6. The minimum absolute atomic E-state index is 0.0580. The second kappa shape index (κ2) is 6.03. The first-order valence-corrected chi connectivity index (χ1v) is 7.13. The number of hydrogen-bond donors (Lipinski definition) is 1. The third-order valence-corrected chi connectivity index (χ3v) is 3.68. The number of halogens is 4. The second-order valence-corrected chi connectivity index (χ2v) is 5.74. The third-order valence-electron chi connectivity index (χ3n) is 2.97. The molecule has 1 unspecified atom stereocenters. The first-order chi connectivity index (χ1) is 9.36. The average molecular weight is 391 g/mol. The van der Waals surface area contributed by atoms with Crippen LogP contribution in [0.5, 0.6) is 0 Å². The molecule has 0 saturated heterocycles. The van der Waals surface area contributed by atoms with Crippen LogP contribution < -0.4 is 5.32 Å². The highest BCUT2D eigenvalue weighted by Crippen LogP contribution is 2.30. The molecule has 1 nitrogen and oxygen atoms in total. The van der Waals surface area contributed by atoms with E-state index in [0.717, 1.165) is 27.0 Å². The molecular weight excluding hydrogens is 378 g/mol. The zero-order chi connectivity index (χ0) is 14.8. The number of nitrogens with one attached hydrogen (secondary N) is 1. The van der Waals surface area contributed by atoms with E-state index in [1.54, 1.807) is 0 Å². The molecule has 1 atom stereocenters. The molecular formula is C15H13F3IN. The minimum Gasteiger partial charge on any atom is -0.379 e. The van der Waals surface area contributed by atoms with Crippen LogP contribution in [0.25, 0.3) is 0 Å². The Labute approximate surface area is 129 Å². The van der Waals surface area contributed by atoms with Crippen LogP contribution in [0.15, 0.2) is 48.5 Å². The van der Waals surface area contributed by atoms with Crippen molar-refractivity contribution < 1.29 is 13.2 Å². The van der Waals surface area contributed by atoms with Gasteiger partial charge in [0.2, 0.25) is 0 Å². The highest BCUT2D eigenvalue weighted by molar-refractivity contribution is 14.1. The summed E-state index contributed by atoms with van der Waals surface area (Å²) in [5.41, 5.74) is 1.14. The van der Waals surface area contributed by atoms with E-state index in [2.05, 4.69) is 27.9 Å². The molecule has 0 aliphatic carbocycles. The molecule has 0 amide bonds. The van der Waals surface area contributed by atoms with Gasteiger partial charge in [-0.3, -0.25) is 0 Å². The summed E-state index contributed by atoms with van der Waals surface area (Å²) in [4.78, 5) is 0. The third kappa shape index (κ3) is 3.88. The van der Waals surface area contributed by atoms with E-state index in [9.17, 15) is 13.2 Å². The first-order valence-electron chi connectivity index (χ1n) is 6.05. The normalized spacial score (nSPS) is 13.1. The van der Waals surface area contributed by atoms with Crippen LogP contribution in [-0.4, -0.2) is 0 Å².